The van der Waals surface area contributed by atoms with Gasteiger partial charge < -0.3 is 4.74 Å². The molecule has 0 amide bonds. The van der Waals surface area contributed by atoms with Crippen LogP contribution in [0.3, 0.4) is 0 Å². The molecule has 3 nitrogen and oxygen atoms in total. The van der Waals surface area contributed by atoms with E-state index in [1.54, 1.807) is 6.92 Å². The summed E-state index contributed by atoms with van der Waals surface area (Å²) in [5, 5.41) is 0. The van der Waals surface area contributed by atoms with E-state index in [0.29, 0.717) is 0 Å². The second kappa shape index (κ2) is 5.16. The number of hydrogen-bond acceptors (Lipinski definition) is 3. The van der Waals surface area contributed by atoms with Gasteiger partial charge in [-0.05, 0) is 35.0 Å². The van der Waals surface area contributed by atoms with Crippen molar-refractivity contribution in [2.45, 2.75) is 13.3 Å². The van der Waals surface area contributed by atoms with Crippen molar-refractivity contribution in [1.29, 1.82) is 0 Å². The Kier molecular flexibility index (Phi) is 4.14. The number of pyridine rings is 1. The molecule has 0 aliphatic heterocycles. The van der Waals surface area contributed by atoms with Crippen molar-refractivity contribution in [1.82, 2.24) is 4.98 Å². The second-order valence-electron chi connectivity index (χ2n) is 2.58. The molecule has 0 atom stereocenters. The van der Waals surface area contributed by atoms with Crippen molar-refractivity contribution in [3.63, 3.8) is 0 Å². The summed E-state index contributed by atoms with van der Waals surface area (Å²) in [6.45, 7) is 1.81. The number of hydrogen-bond donors (Lipinski definition) is 0. The van der Waals surface area contributed by atoms with Gasteiger partial charge in [0, 0.05) is 4.47 Å². The number of carbonyl (C=O) groups excluding carboxylic acids is 1. The molecule has 0 bridgehead atoms. The normalized spacial score (nSPS) is 10.5. The third-order valence-corrected chi connectivity index (χ3v) is 2.23. The fourth-order valence-electron chi connectivity index (χ4n) is 0.930. The minimum absolute atomic E-state index is 0.115. The highest BCUT2D eigenvalue weighted by atomic mass is 79.9. The molecule has 1 aromatic heterocycles. The summed E-state index contributed by atoms with van der Waals surface area (Å²) in [4.78, 5) is 14.7. The molecule has 0 spiro atoms. The van der Waals surface area contributed by atoms with E-state index < -0.39 is 18.1 Å². The molecule has 0 radical (unpaired) electrons. The highest BCUT2D eigenvalue weighted by Gasteiger charge is 2.17. The molecule has 0 saturated heterocycles. The molecular formula is C9H8BrF2NO2. The van der Waals surface area contributed by atoms with Crippen LogP contribution in [-0.2, 0) is 4.74 Å². The number of rotatable bonds is 3. The lowest BCUT2D eigenvalue weighted by molar-refractivity contribution is 0.0518. The smallest absolute Gasteiger partial charge is 0.356 e. The lowest BCUT2D eigenvalue weighted by Crippen LogP contribution is -2.08. The highest BCUT2D eigenvalue weighted by Crippen LogP contribution is 2.25. The summed E-state index contributed by atoms with van der Waals surface area (Å²) in [7, 11) is 0. The zero-order valence-electron chi connectivity index (χ0n) is 7.84. The number of carbonyl (C=O) groups is 1. The first kappa shape index (κ1) is 12.0. The number of aromatic nitrogens is 1. The maximum Gasteiger partial charge on any atom is 0.356 e. The molecule has 15 heavy (non-hydrogen) atoms. The Bertz CT molecular complexity index is 371. The third kappa shape index (κ3) is 2.95. The lowest BCUT2D eigenvalue weighted by Gasteiger charge is -2.05. The fourth-order valence-corrected chi connectivity index (χ4v) is 1.32. The Hall–Kier alpha value is -1.04. The monoisotopic (exact) mass is 279 g/mol. The number of ether oxygens (including phenoxy) is 1. The first-order valence-corrected chi connectivity index (χ1v) is 4.97. The zero-order valence-corrected chi connectivity index (χ0v) is 9.42. The molecule has 82 valence electrons. The van der Waals surface area contributed by atoms with Crippen molar-refractivity contribution in [2.75, 3.05) is 6.61 Å². The predicted octanol–water partition coefficient (Wildman–Crippen LogP) is 2.96. The molecule has 0 N–H and O–H groups in total. The first-order valence-electron chi connectivity index (χ1n) is 4.18. The quantitative estimate of drug-likeness (QED) is 0.799. The van der Waals surface area contributed by atoms with Crippen LogP contribution in [0.15, 0.2) is 16.6 Å². The van der Waals surface area contributed by atoms with E-state index in [1.807, 2.05) is 0 Å². The number of halogens is 3. The van der Waals surface area contributed by atoms with Crippen LogP contribution in [0.25, 0.3) is 0 Å². The number of esters is 1. The van der Waals surface area contributed by atoms with E-state index in [1.165, 1.54) is 12.1 Å². The summed E-state index contributed by atoms with van der Waals surface area (Å²) >= 11 is 2.92. The summed E-state index contributed by atoms with van der Waals surface area (Å²) in [5.74, 6) is -0.702. The van der Waals surface area contributed by atoms with E-state index in [9.17, 15) is 13.6 Å². The van der Waals surface area contributed by atoms with E-state index in [0.717, 1.165) is 0 Å². The van der Waals surface area contributed by atoms with Crippen LogP contribution in [0.1, 0.15) is 29.5 Å². The Morgan fingerprint density at radius 3 is 2.80 bits per heavy atom. The van der Waals surface area contributed by atoms with Crippen molar-refractivity contribution in [3.05, 3.63) is 28.0 Å². The van der Waals surface area contributed by atoms with Crippen LogP contribution in [0.2, 0.25) is 0 Å². The van der Waals surface area contributed by atoms with E-state index >= 15 is 0 Å². The third-order valence-electron chi connectivity index (χ3n) is 1.56. The van der Waals surface area contributed by atoms with Crippen molar-refractivity contribution in [3.8, 4) is 0 Å². The Balaban J connectivity index is 3.02. The van der Waals surface area contributed by atoms with Crippen LogP contribution in [-0.4, -0.2) is 17.6 Å². The van der Waals surface area contributed by atoms with Crippen molar-refractivity contribution in [2.24, 2.45) is 0 Å². The molecule has 1 rings (SSSR count). The SMILES string of the molecule is CCOC(=O)c1ccc(Br)c(C(F)F)n1. The molecule has 1 heterocycles. The summed E-state index contributed by atoms with van der Waals surface area (Å²) < 4.78 is 29.6. The van der Waals surface area contributed by atoms with E-state index in [2.05, 4.69) is 25.7 Å². The Morgan fingerprint density at radius 2 is 2.27 bits per heavy atom. The number of nitrogens with zero attached hydrogens (tertiary/aromatic N) is 1. The topological polar surface area (TPSA) is 39.2 Å². The molecular weight excluding hydrogens is 272 g/mol. The van der Waals surface area contributed by atoms with Crippen molar-refractivity contribution < 1.29 is 18.3 Å². The van der Waals surface area contributed by atoms with Crippen LogP contribution >= 0.6 is 15.9 Å². The lowest BCUT2D eigenvalue weighted by atomic mass is 10.3. The minimum Gasteiger partial charge on any atom is -0.461 e. The van der Waals surface area contributed by atoms with E-state index in [-0.39, 0.29) is 16.8 Å². The average molecular weight is 280 g/mol. The first-order chi connectivity index (χ1) is 7.06. The second-order valence-corrected chi connectivity index (χ2v) is 3.44. The van der Waals surface area contributed by atoms with Gasteiger partial charge in [-0.2, -0.15) is 0 Å². The average Bonchev–Trinajstić information content (AvgIpc) is 2.18. The standard InChI is InChI=1S/C9H8BrF2NO2/c1-2-15-9(14)6-4-3-5(10)7(13-6)8(11)12/h3-4,8H,2H2,1H3. The minimum atomic E-state index is -2.73. The summed E-state index contributed by atoms with van der Waals surface area (Å²) in [5.41, 5.74) is -0.573. The van der Waals surface area contributed by atoms with Gasteiger partial charge in [0.05, 0.1) is 6.61 Å². The summed E-state index contributed by atoms with van der Waals surface area (Å²) in [6.07, 6.45) is -2.73. The Labute approximate surface area is 93.6 Å². The zero-order chi connectivity index (χ0) is 11.4. The van der Waals surface area contributed by atoms with Crippen molar-refractivity contribution >= 4 is 21.9 Å². The molecule has 0 fully saturated rings. The van der Waals surface area contributed by atoms with Gasteiger partial charge in [0.2, 0.25) is 0 Å². The number of alkyl halides is 2. The fraction of sp³-hybridized carbons (Fsp3) is 0.333. The van der Waals surface area contributed by atoms with Gasteiger partial charge in [-0.3, -0.25) is 0 Å². The van der Waals surface area contributed by atoms with Gasteiger partial charge in [-0.1, -0.05) is 0 Å². The highest BCUT2D eigenvalue weighted by molar-refractivity contribution is 9.10. The van der Waals surface area contributed by atoms with Gasteiger partial charge in [0.1, 0.15) is 11.4 Å². The van der Waals surface area contributed by atoms with Crippen LogP contribution in [0.4, 0.5) is 8.78 Å². The maximum atomic E-state index is 12.4. The molecule has 0 aliphatic carbocycles. The largest absolute Gasteiger partial charge is 0.461 e. The van der Waals surface area contributed by atoms with Gasteiger partial charge in [-0.15, -0.1) is 0 Å². The van der Waals surface area contributed by atoms with Gasteiger partial charge >= 0.3 is 5.97 Å². The molecule has 6 heteroatoms. The molecule has 0 aromatic carbocycles. The van der Waals surface area contributed by atoms with Gasteiger partial charge in [0.15, 0.2) is 0 Å². The molecule has 1 aromatic rings. The van der Waals surface area contributed by atoms with Gasteiger partial charge in [0.25, 0.3) is 6.43 Å². The van der Waals surface area contributed by atoms with Crippen LogP contribution in [0, 0.1) is 0 Å². The molecule has 0 aliphatic rings. The summed E-state index contributed by atoms with van der Waals surface area (Å²) in [6, 6.07) is 2.68. The molecule has 0 unspecified atom stereocenters. The maximum absolute atomic E-state index is 12.4. The Morgan fingerprint density at radius 1 is 1.60 bits per heavy atom. The molecule has 0 saturated carbocycles. The predicted molar refractivity (Wildman–Crippen MR) is 52.9 cm³/mol. The van der Waals surface area contributed by atoms with E-state index in [4.69, 9.17) is 0 Å². The van der Waals surface area contributed by atoms with Crippen LogP contribution in [0.5, 0.6) is 0 Å². The van der Waals surface area contributed by atoms with Gasteiger partial charge in [-0.25, -0.2) is 18.6 Å². The van der Waals surface area contributed by atoms with Crippen LogP contribution < -0.4 is 0 Å².